The van der Waals surface area contributed by atoms with Gasteiger partial charge in [-0.2, -0.15) is 5.26 Å². The molecule has 0 aliphatic heterocycles. The number of nitrogens with one attached hydrogen (secondary N) is 2. The highest BCUT2D eigenvalue weighted by molar-refractivity contribution is 5.64. The highest BCUT2D eigenvalue weighted by Crippen LogP contribution is 2.28. The second-order valence-electron chi connectivity index (χ2n) is 6.80. The van der Waals surface area contributed by atoms with Crippen LogP contribution in [-0.4, -0.2) is 35.0 Å². The van der Waals surface area contributed by atoms with E-state index in [2.05, 4.69) is 16.7 Å². The van der Waals surface area contributed by atoms with Crippen molar-refractivity contribution in [2.45, 2.75) is 57.2 Å². The number of amides is 1. The van der Waals surface area contributed by atoms with Crippen LogP contribution >= 0.6 is 0 Å². The highest BCUT2D eigenvalue weighted by Gasteiger charge is 2.25. The average Bonchev–Trinajstić information content (AvgIpc) is 2.62. The first kappa shape index (κ1) is 19.2. The maximum atomic E-state index is 11.0. The highest BCUT2D eigenvalue weighted by atomic mass is 16.4. The Kier molecular flexibility index (Phi) is 7.71. The third kappa shape index (κ3) is 6.73. The fraction of sp³-hybridized carbons (Fsp3) is 0.579. The first-order valence-corrected chi connectivity index (χ1v) is 8.95. The van der Waals surface area contributed by atoms with Crippen LogP contribution in [0.3, 0.4) is 0 Å². The maximum absolute atomic E-state index is 11.0. The molecule has 0 unspecified atom stereocenters. The Labute approximate surface area is 148 Å². The van der Waals surface area contributed by atoms with Gasteiger partial charge in [0.05, 0.1) is 23.8 Å². The van der Waals surface area contributed by atoms with E-state index in [4.69, 9.17) is 10.4 Å². The molecule has 25 heavy (non-hydrogen) atoms. The van der Waals surface area contributed by atoms with Gasteiger partial charge in [-0.05, 0) is 30.0 Å². The molecule has 2 rings (SSSR count). The smallest absolute Gasteiger partial charge is 0.404 e. The molecule has 0 aromatic heterocycles. The van der Waals surface area contributed by atoms with Gasteiger partial charge in [-0.3, -0.25) is 0 Å². The maximum Gasteiger partial charge on any atom is 0.404 e. The van der Waals surface area contributed by atoms with Crippen LogP contribution in [0.5, 0.6) is 0 Å². The Balaban J connectivity index is 1.81. The van der Waals surface area contributed by atoms with Crippen molar-refractivity contribution in [3.8, 4) is 6.07 Å². The Morgan fingerprint density at radius 3 is 2.52 bits per heavy atom. The molecular weight excluding hydrogens is 318 g/mol. The van der Waals surface area contributed by atoms with Gasteiger partial charge in [0.2, 0.25) is 0 Å². The van der Waals surface area contributed by atoms with E-state index in [0.29, 0.717) is 31.0 Å². The normalized spacial score (nSPS) is 17.4. The molecule has 136 valence electrons. The lowest BCUT2D eigenvalue weighted by Gasteiger charge is -2.29. The number of carbonyl (C=O) groups is 1. The number of nitrogens with zero attached hydrogens (tertiary/aromatic N) is 1. The second kappa shape index (κ2) is 10.0. The van der Waals surface area contributed by atoms with Gasteiger partial charge in [0.15, 0.2) is 0 Å². The van der Waals surface area contributed by atoms with Crippen molar-refractivity contribution < 1.29 is 15.0 Å². The van der Waals surface area contributed by atoms with Crippen LogP contribution in [0.15, 0.2) is 24.3 Å². The Morgan fingerprint density at radius 1 is 1.24 bits per heavy atom. The minimum absolute atomic E-state index is 0.317. The van der Waals surface area contributed by atoms with E-state index < -0.39 is 18.2 Å². The largest absolute Gasteiger partial charge is 0.465 e. The summed E-state index contributed by atoms with van der Waals surface area (Å²) in [6.45, 7) is 0.879. The van der Waals surface area contributed by atoms with Gasteiger partial charge >= 0.3 is 6.09 Å². The lowest BCUT2D eigenvalue weighted by atomic mass is 9.83. The van der Waals surface area contributed by atoms with E-state index in [1.807, 2.05) is 12.1 Å². The molecule has 0 spiro atoms. The van der Waals surface area contributed by atoms with Crippen molar-refractivity contribution >= 4 is 6.09 Å². The number of rotatable bonds is 8. The van der Waals surface area contributed by atoms with E-state index in [9.17, 15) is 9.90 Å². The SMILES string of the molecule is N#Cc1ccc(CNC[C@@H](O)[C@H](CC2CCCCC2)NC(=O)O)cc1. The molecule has 1 aromatic rings. The minimum Gasteiger partial charge on any atom is -0.465 e. The second-order valence-corrected chi connectivity index (χ2v) is 6.80. The van der Waals surface area contributed by atoms with Gasteiger partial charge in [-0.1, -0.05) is 44.2 Å². The monoisotopic (exact) mass is 345 g/mol. The van der Waals surface area contributed by atoms with Crippen molar-refractivity contribution in [3.63, 3.8) is 0 Å². The number of nitriles is 1. The Hall–Kier alpha value is -2.10. The first-order chi connectivity index (χ1) is 12.1. The van der Waals surface area contributed by atoms with Gasteiger partial charge in [0.25, 0.3) is 0 Å². The third-order valence-corrected chi connectivity index (χ3v) is 4.85. The molecule has 0 heterocycles. The van der Waals surface area contributed by atoms with Crippen molar-refractivity contribution in [3.05, 3.63) is 35.4 Å². The summed E-state index contributed by atoms with van der Waals surface area (Å²) in [5, 5.41) is 33.9. The molecule has 6 heteroatoms. The van der Waals surface area contributed by atoms with E-state index in [1.165, 1.54) is 19.3 Å². The van der Waals surface area contributed by atoms with Crippen LogP contribution in [0, 0.1) is 17.2 Å². The molecule has 0 bridgehead atoms. The van der Waals surface area contributed by atoms with Gasteiger partial charge in [-0.15, -0.1) is 0 Å². The summed E-state index contributed by atoms with van der Waals surface area (Å²) in [4.78, 5) is 11.0. The molecule has 1 aliphatic rings. The van der Waals surface area contributed by atoms with Crippen LogP contribution < -0.4 is 10.6 Å². The number of hydrogen-bond acceptors (Lipinski definition) is 4. The molecule has 4 N–H and O–H groups in total. The molecular formula is C19H27N3O3. The van der Waals surface area contributed by atoms with Crippen molar-refractivity contribution in [2.75, 3.05) is 6.54 Å². The zero-order chi connectivity index (χ0) is 18.1. The molecule has 0 radical (unpaired) electrons. The molecule has 0 saturated heterocycles. The van der Waals surface area contributed by atoms with Crippen LogP contribution in [0.1, 0.15) is 49.7 Å². The first-order valence-electron chi connectivity index (χ1n) is 8.95. The van der Waals surface area contributed by atoms with Gasteiger partial charge in [0, 0.05) is 13.1 Å². The summed E-state index contributed by atoms with van der Waals surface area (Å²) < 4.78 is 0. The summed E-state index contributed by atoms with van der Waals surface area (Å²) >= 11 is 0. The third-order valence-electron chi connectivity index (χ3n) is 4.85. The average molecular weight is 345 g/mol. The van der Waals surface area contributed by atoms with Crippen LogP contribution in [0.4, 0.5) is 4.79 Å². The molecule has 2 atom stereocenters. The molecule has 1 aliphatic carbocycles. The zero-order valence-corrected chi connectivity index (χ0v) is 14.4. The summed E-state index contributed by atoms with van der Waals surface area (Å²) in [5.74, 6) is 0.485. The molecule has 1 saturated carbocycles. The quantitative estimate of drug-likeness (QED) is 0.579. The Bertz CT molecular complexity index is 577. The van der Waals surface area contributed by atoms with E-state index in [1.54, 1.807) is 12.1 Å². The number of aliphatic hydroxyl groups excluding tert-OH is 1. The summed E-state index contributed by atoms with van der Waals surface area (Å²) in [5.41, 5.74) is 1.63. The predicted molar refractivity (Wildman–Crippen MR) is 95.0 cm³/mol. The molecule has 1 amide bonds. The summed E-state index contributed by atoms with van der Waals surface area (Å²) in [6.07, 6.45) is 4.69. The van der Waals surface area contributed by atoms with E-state index in [-0.39, 0.29) is 0 Å². The Morgan fingerprint density at radius 2 is 1.92 bits per heavy atom. The number of carboxylic acid groups (broad SMARTS) is 1. The van der Waals surface area contributed by atoms with Gasteiger partial charge in [0.1, 0.15) is 0 Å². The van der Waals surface area contributed by atoms with Gasteiger partial charge in [-0.25, -0.2) is 4.79 Å². The summed E-state index contributed by atoms with van der Waals surface area (Å²) in [6, 6.07) is 8.87. The topological polar surface area (TPSA) is 105 Å². The zero-order valence-electron chi connectivity index (χ0n) is 14.4. The number of benzene rings is 1. The van der Waals surface area contributed by atoms with Crippen molar-refractivity contribution in [1.82, 2.24) is 10.6 Å². The van der Waals surface area contributed by atoms with Crippen LogP contribution in [0.2, 0.25) is 0 Å². The summed E-state index contributed by atoms with van der Waals surface area (Å²) in [7, 11) is 0. The number of aliphatic hydroxyl groups is 1. The van der Waals surface area contributed by atoms with E-state index >= 15 is 0 Å². The fourth-order valence-corrected chi connectivity index (χ4v) is 3.46. The van der Waals surface area contributed by atoms with Crippen molar-refractivity contribution in [2.24, 2.45) is 5.92 Å². The fourth-order valence-electron chi connectivity index (χ4n) is 3.46. The van der Waals surface area contributed by atoms with E-state index in [0.717, 1.165) is 18.4 Å². The molecule has 1 aromatic carbocycles. The predicted octanol–water partition coefficient (Wildman–Crippen LogP) is 2.62. The lowest BCUT2D eigenvalue weighted by Crippen LogP contribution is -2.48. The minimum atomic E-state index is -1.09. The van der Waals surface area contributed by atoms with Crippen molar-refractivity contribution in [1.29, 1.82) is 5.26 Å². The molecule has 6 nitrogen and oxygen atoms in total. The lowest BCUT2D eigenvalue weighted by molar-refractivity contribution is 0.102. The van der Waals surface area contributed by atoms with Crippen LogP contribution in [0.25, 0.3) is 0 Å². The van der Waals surface area contributed by atoms with Crippen LogP contribution in [-0.2, 0) is 6.54 Å². The number of hydrogen-bond donors (Lipinski definition) is 4. The van der Waals surface area contributed by atoms with Gasteiger partial charge < -0.3 is 20.8 Å². The standard InChI is InChI=1S/C19H27N3O3/c20-11-15-6-8-16(9-7-15)12-21-13-18(23)17(22-19(24)25)10-14-4-2-1-3-5-14/h6-9,14,17-18,21-23H,1-5,10,12-13H2,(H,24,25)/t17-,18+/m0/s1. The molecule has 1 fully saturated rings.